The number of anilines is 1. The molecule has 0 amide bonds. The number of rotatable bonds is 2. The molecule has 1 aromatic heterocycles. The van der Waals surface area contributed by atoms with Crippen molar-refractivity contribution in [2.45, 2.75) is 0 Å². The Labute approximate surface area is 124 Å². The third-order valence-corrected chi connectivity index (χ3v) is 5.82. The van der Waals surface area contributed by atoms with Gasteiger partial charge in [0.05, 0.1) is 19.4 Å². The number of carbonyl (C=O) groups is 1. The molecule has 0 saturated heterocycles. The lowest BCUT2D eigenvalue weighted by Gasteiger charge is -2.03. The maximum absolute atomic E-state index is 12.2. The summed E-state index contributed by atoms with van der Waals surface area (Å²) < 4.78 is 1.73. The van der Waals surface area contributed by atoms with Crippen LogP contribution in [0.4, 0.5) is 5.69 Å². The number of ketones is 1. The van der Waals surface area contributed by atoms with E-state index in [1.54, 1.807) is 24.3 Å². The van der Waals surface area contributed by atoms with Crippen molar-refractivity contribution in [1.82, 2.24) is 0 Å². The molecule has 0 aliphatic heterocycles. The second-order valence-electron chi connectivity index (χ2n) is 3.27. The lowest BCUT2D eigenvalue weighted by molar-refractivity contribution is 0.104. The molecule has 2 aromatic rings. The third-order valence-electron chi connectivity index (χ3n) is 2.14. The molecular formula is C11H6Br2ClNOS. The summed E-state index contributed by atoms with van der Waals surface area (Å²) in [7, 11) is 0. The molecule has 0 spiro atoms. The van der Waals surface area contributed by atoms with Gasteiger partial charge in [-0.3, -0.25) is 4.79 Å². The van der Waals surface area contributed by atoms with Crippen molar-refractivity contribution in [2.24, 2.45) is 0 Å². The van der Waals surface area contributed by atoms with Crippen molar-refractivity contribution in [1.29, 1.82) is 0 Å². The Morgan fingerprint density at radius 3 is 2.65 bits per heavy atom. The molecule has 2 rings (SSSR count). The van der Waals surface area contributed by atoms with Gasteiger partial charge in [0, 0.05) is 10.0 Å². The van der Waals surface area contributed by atoms with Crippen molar-refractivity contribution >= 4 is 66.3 Å². The minimum Gasteiger partial charge on any atom is -0.398 e. The zero-order valence-electron chi connectivity index (χ0n) is 8.34. The van der Waals surface area contributed by atoms with Crippen LogP contribution in [0.3, 0.4) is 0 Å². The molecule has 1 aromatic carbocycles. The van der Waals surface area contributed by atoms with Crippen LogP contribution in [0, 0.1) is 0 Å². The number of hydrogen-bond acceptors (Lipinski definition) is 3. The highest BCUT2D eigenvalue weighted by Gasteiger charge is 2.17. The molecule has 0 unspecified atom stereocenters. The van der Waals surface area contributed by atoms with E-state index in [0.29, 0.717) is 21.2 Å². The van der Waals surface area contributed by atoms with Crippen molar-refractivity contribution < 1.29 is 4.79 Å². The van der Waals surface area contributed by atoms with Crippen LogP contribution < -0.4 is 5.73 Å². The van der Waals surface area contributed by atoms with Gasteiger partial charge in [0.25, 0.3) is 0 Å². The summed E-state index contributed by atoms with van der Waals surface area (Å²) in [4.78, 5) is 12.8. The zero-order chi connectivity index (χ0) is 12.6. The Kier molecular flexibility index (Phi) is 3.92. The first-order chi connectivity index (χ1) is 8.00. The van der Waals surface area contributed by atoms with Crippen LogP contribution in [0.2, 0.25) is 5.02 Å². The largest absolute Gasteiger partial charge is 0.398 e. The first kappa shape index (κ1) is 13.1. The zero-order valence-corrected chi connectivity index (χ0v) is 13.1. The molecule has 88 valence electrons. The molecule has 6 heteroatoms. The van der Waals surface area contributed by atoms with Gasteiger partial charge in [0.2, 0.25) is 5.78 Å². The Balaban J connectivity index is 2.47. The molecule has 0 bridgehead atoms. The maximum Gasteiger partial charge on any atom is 0.204 e. The average Bonchev–Trinajstić information content (AvgIpc) is 2.62. The van der Waals surface area contributed by atoms with Crippen LogP contribution in [0.25, 0.3) is 0 Å². The monoisotopic (exact) mass is 393 g/mol. The fourth-order valence-corrected chi connectivity index (χ4v) is 3.52. The molecule has 17 heavy (non-hydrogen) atoms. The van der Waals surface area contributed by atoms with Gasteiger partial charge in [0.15, 0.2) is 0 Å². The van der Waals surface area contributed by atoms with E-state index in [0.717, 1.165) is 8.26 Å². The molecule has 0 aliphatic carbocycles. The van der Waals surface area contributed by atoms with Crippen LogP contribution in [-0.2, 0) is 0 Å². The first-order valence-corrected chi connectivity index (χ1v) is 7.32. The minimum absolute atomic E-state index is 0.126. The highest BCUT2D eigenvalue weighted by molar-refractivity contribution is 9.13. The van der Waals surface area contributed by atoms with Gasteiger partial charge in [-0.25, -0.2) is 0 Å². The van der Waals surface area contributed by atoms with Crippen LogP contribution >= 0.6 is 54.8 Å². The normalized spacial score (nSPS) is 10.5. The van der Waals surface area contributed by atoms with E-state index in [-0.39, 0.29) is 5.78 Å². The molecule has 0 saturated carbocycles. The van der Waals surface area contributed by atoms with Crippen LogP contribution in [0.15, 0.2) is 32.5 Å². The van der Waals surface area contributed by atoms with Gasteiger partial charge in [-0.15, -0.1) is 11.3 Å². The van der Waals surface area contributed by atoms with Gasteiger partial charge in [-0.2, -0.15) is 0 Å². The molecule has 1 heterocycles. The lowest BCUT2D eigenvalue weighted by Crippen LogP contribution is -2.01. The number of carbonyl (C=O) groups excluding carboxylic acids is 1. The molecule has 2 N–H and O–H groups in total. The van der Waals surface area contributed by atoms with Crippen molar-refractivity contribution in [3.63, 3.8) is 0 Å². The van der Waals surface area contributed by atoms with E-state index >= 15 is 0 Å². The summed E-state index contributed by atoms with van der Waals surface area (Å²) in [6.07, 6.45) is 0. The minimum atomic E-state index is -0.126. The molecule has 0 radical (unpaired) electrons. The van der Waals surface area contributed by atoms with Gasteiger partial charge in [-0.1, -0.05) is 17.7 Å². The Hall–Kier alpha value is -0.360. The van der Waals surface area contributed by atoms with E-state index in [2.05, 4.69) is 31.9 Å². The smallest absolute Gasteiger partial charge is 0.204 e. The number of nitrogen functional groups attached to an aromatic ring is 1. The van der Waals surface area contributed by atoms with Gasteiger partial charge < -0.3 is 5.73 Å². The number of benzene rings is 1. The van der Waals surface area contributed by atoms with Crippen molar-refractivity contribution in [3.8, 4) is 0 Å². The van der Waals surface area contributed by atoms with Gasteiger partial charge in [0.1, 0.15) is 0 Å². The maximum atomic E-state index is 12.2. The van der Waals surface area contributed by atoms with E-state index in [4.69, 9.17) is 17.3 Å². The summed E-state index contributed by atoms with van der Waals surface area (Å²) in [5.74, 6) is -0.126. The number of thiophene rings is 1. The van der Waals surface area contributed by atoms with E-state index in [9.17, 15) is 4.79 Å². The molecule has 0 fully saturated rings. The van der Waals surface area contributed by atoms with Crippen LogP contribution in [0.1, 0.15) is 15.2 Å². The van der Waals surface area contributed by atoms with E-state index in [1.807, 2.05) is 0 Å². The fraction of sp³-hybridized carbons (Fsp3) is 0. The highest BCUT2D eigenvalue weighted by Crippen LogP contribution is 2.35. The first-order valence-electron chi connectivity index (χ1n) is 4.54. The summed E-state index contributed by atoms with van der Waals surface area (Å²) in [5, 5.41) is 0.304. The molecular weight excluding hydrogens is 389 g/mol. The van der Waals surface area contributed by atoms with Crippen LogP contribution in [0.5, 0.6) is 0 Å². The Bertz CT molecular complexity index is 578. The standard InChI is InChI=1S/C11H6Br2ClNOS/c12-6-4-8(17-11(6)13)10(16)5-2-1-3-7(15)9(5)14/h1-4H,15H2. The fourth-order valence-electron chi connectivity index (χ4n) is 1.32. The second-order valence-corrected chi connectivity index (χ2v) is 6.87. The number of halogens is 3. The molecule has 0 aliphatic rings. The Morgan fingerprint density at radius 2 is 2.06 bits per heavy atom. The Morgan fingerprint density at radius 1 is 1.35 bits per heavy atom. The number of hydrogen-bond donors (Lipinski definition) is 1. The quantitative estimate of drug-likeness (QED) is 0.590. The number of nitrogens with two attached hydrogens (primary N) is 1. The van der Waals surface area contributed by atoms with E-state index in [1.165, 1.54) is 11.3 Å². The van der Waals surface area contributed by atoms with E-state index < -0.39 is 0 Å². The third kappa shape index (κ3) is 2.57. The molecule has 2 nitrogen and oxygen atoms in total. The predicted octanol–water partition coefficient (Wildman–Crippen LogP) is 4.74. The SMILES string of the molecule is Nc1cccc(C(=O)c2cc(Br)c(Br)s2)c1Cl. The second kappa shape index (κ2) is 5.10. The van der Waals surface area contributed by atoms with Gasteiger partial charge >= 0.3 is 0 Å². The van der Waals surface area contributed by atoms with Gasteiger partial charge in [-0.05, 0) is 50.1 Å². The summed E-state index contributed by atoms with van der Waals surface area (Å²) in [6, 6.07) is 6.81. The van der Waals surface area contributed by atoms with Crippen molar-refractivity contribution in [2.75, 3.05) is 5.73 Å². The predicted molar refractivity (Wildman–Crippen MR) is 79.0 cm³/mol. The average molecular weight is 396 g/mol. The summed E-state index contributed by atoms with van der Waals surface area (Å²) in [6.45, 7) is 0. The highest BCUT2D eigenvalue weighted by atomic mass is 79.9. The topological polar surface area (TPSA) is 43.1 Å². The van der Waals surface area contributed by atoms with Crippen molar-refractivity contribution in [3.05, 3.63) is 48.0 Å². The van der Waals surface area contributed by atoms with Crippen LogP contribution in [-0.4, -0.2) is 5.78 Å². The summed E-state index contributed by atoms with van der Waals surface area (Å²) in [5.41, 5.74) is 6.51. The lowest BCUT2D eigenvalue weighted by atomic mass is 10.1. The summed E-state index contributed by atoms with van der Waals surface area (Å²) >= 11 is 14.1. The molecule has 0 atom stereocenters.